The highest BCUT2D eigenvalue weighted by Crippen LogP contribution is 2.21. The molecule has 2 aromatic rings. The number of hydrogen-bond acceptors (Lipinski definition) is 3. The van der Waals surface area contributed by atoms with Gasteiger partial charge in [-0.3, -0.25) is 4.79 Å². The van der Waals surface area contributed by atoms with Crippen LogP contribution in [0.4, 0.5) is 11.4 Å². The van der Waals surface area contributed by atoms with E-state index in [0.29, 0.717) is 12.2 Å². The fraction of sp³-hybridized carbons (Fsp3) is 0.400. The van der Waals surface area contributed by atoms with Crippen molar-refractivity contribution in [2.24, 2.45) is 0 Å². The topological polar surface area (TPSA) is 36.4 Å². The van der Waals surface area contributed by atoms with Crippen molar-refractivity contribution < 1.29 is 4.79 Å². The number of carbonyl (C=O) groups is 1. The molecule has 1 aromatic carbocycles. The van der Waals surface area contributed by atoms with Crippen LogP contribution in [0.5, 0.6) is 0 Å². The second-order valence-corrected chi connectivity index (χ2v) is 6.34. The van der Waals surface area contributed by atoms with Crippen LogP contribution in [0.1, 0.15) is 42.2 Å². The summed E-state index contributed by atoms with van der Waals surface area (Å²) >= 11 is 0. The molecule has 0 saturated carbocycles. The Morgan fingerprint density at radius 3 is 2.58 bits per heavy atom. The second kappa shape index (κ2) is 7.47. The van der Waals surface area contributed by atoms with E-state index >= 15 is 0 Å². The van der Waals surface area contributed by atoms with Gasteiger partial charge in [0.15, 0.2) is 0 Å². The van der Waals surface area contributed by atoms with Crippen LogP contribution in [-0.4, -0.2) is 30.5 Å². The van der Waals surface area contributed by atoms with Crippen molar-refractivity contribution in [1.29, 1.82) is 0 Å². The normalized spacial score (nSPS) is 14.5. The Balaban J connectivity index is 1.78. The first-order chi connectivity index (χ1) is 11.7. The molecule has 4 heteroatoms. The van der Waals surface area contributed by atoms with Crippen molar-refractivity contribution >= 4 is 17.3 Å². The van der Waals surface area contributed by atoms with Gasteiger partial charge in [-0.15, -0.1) is 0 Å². The predicted octanol–water partition coefficient (Wildman–Crippen LogP) is 4.05. The minimum Gasteiger partial charge on any atom is -0.370 e. The number of carbonyl (C=O) groups excluding carboxylic acids is 1. The maximum atomic E-state index is 12.8. The van der Waals surface area contributed by atoms with Crippen LogP contribution in [0.15, 0.2) is 42.6 Å². The number of piperidine rings is 1. The molecule has 126 valence electrons. The molecule has 1 aliphatic heterocycles. The molecule has 0 spiro atoms. The number of hydrogen-bond donors (Lipinski definition) is 0. The van der Waals surface area contributed by atoms with Gasteiger partial charge in [0.25, 0.3) is 5.91 Å². The molecular formula is C20H25N3O. The summed E-state index contributed by atoms with van der Waals surface area (Å²) in [6.07, 6.45) is 5.61. The van der Waals surface area contributed by atoms with Gasteiger partial charge in [-0.05, 0) is 62.9 Å². The monoisotopic (exact) mass is 323 g/mol. The van der Waals surface area contributed by atoms with Crippen LogP contribution >= 0.6 is 0 Å². The Hall–Kier alpha value is -2.36. The van der Waals surface area contributed by atoms with E-state index in [9.17, 15) is 4.79 Å². The fourth-order valence-electron chi connectivity index (χ4n) is 3.23. The van der Waals surface area contributed by atoms with Gasteiger partial charge in [-0.2, -0.15) is 0 Å². The third kappa shape index (κ3) is 3.58. The van der Waals surface area contributed by atoms with Gasteiger partial charge in [0.1, 0.15) is 5.69 Å². The lowest BCUT2D eigenvalue weighted by atomic mass is 10.1. The number of rotatable bonds is 4. The quantitative estimate of drug-likeness (QED) is 0.852. The third-order valence-electron chi connectivity index (χ3n) is 4.56. The molecule has 0 atom stereocenters. The largest absolute Gasteiger partial charge is 0.370 e. The molecule has 1 aliphatic rings. The van der Waals surface area contributed by atoms with Crippen molar-refractivity contribution in [3.63, 3.8) is 0 Å². The highest BCUT2D eigenvalue weighted by molar-refractivity contribution is 6.04. The minimum absolute atomic E-state index is 0.0479. The molecule has 1 saturated heterocycles. The summed E-state index contributed by atoms with van der Waals surface area (Å²) in [7, 11) is 0. The summed E-state index contributed by atoms with van der Waals surface area (Å²) in [5, 5.41) is 0. The van der Waals surface area contributed by atoms with E-state index < -0.39 is 0 Å². The van der Waals surface area contributed by atoms with E-state index in [1.807, 2.05) is 56.4 Å². The average Bonchev–Trinajstić information content (AvgIpc) is 2.63. The molecule has 4 nitrogen and oxygen atoms in total. The van der Waals surface area contributed by atoms with Crippen LogP contribution in [0.3, 0.4) is 0 Å². The summed E-state index contributed by atoms with van der Waals surface area (Å²) in [6, 6.07) is 11.9. The first kappa shape index (κ1) is 16.5. The number of anilines is 2. The Kier molecular flexibility index (Phi) is 5.14. The van der Waals surface area contributed by atoms with Crippen LogP contribution in [0, 0.1) is 6.92 Å². The number of nitrogens with zero attached hydrogens (tertiary/aromatic N) is 3. The van der Waals surface area contributed by atoms with E-state index in [1.54, 1.807) is 4.90 Å². The van der Waals surface area contributed by atoms with Gasteiger partial charge in [0, 0.05) is 25.3 Å². The standard InChI is InChI=1S/C20H25N3O/c1-3-23(17-9-7-8-16(2)14-17)20(24)19-11-10-18(15-21-19)22-12-5-4-6-13-22/h7-11,14-15H,3-6,12-13H2,1-2H3. The molecule has 1 aromatic heterocycles. The maximum Gasteiger partial charge on any atom is 0.276 e. The molecule has 1 amide bonds. The second-order valence-electron chi connectivity index (χ2n) is 6.34. The van der Waals surface area contributed by atoms with E-state index in [1.165, 1.54) is 19.3 Å². The Morgan fingerprint density at radius 1 is 1.17 bits per heavy atom. The van der Waals surface area contributed by atoms with Crippen LogP contribution in [0.2, 0.25) is 0 Å². The van der Waals surface area contributed by atoms with Crippen LogP contribution in [-0.2, 0) is 0 Å². The average molecular weight is 323 g/mol. The molecule has 0 aliphatic carbocycles. The minimum atomic E-state index is -0.0479. The fourth-order valence-corrected chi connectivity index (χ4v) is 3.23. The summed E-state index contributed by atoms with van der Waals surface area (Å²) < 4.78 is 0. The lowest BCUT2D eigenvalue weighted by molar-refractivity contribution is 0.0983. The molecule has 24 heavy (non-hydrogen) atoms. The number of aryl methyl sites for hydroxylation is 1. The summed E-state index contributed by atoms with van der Waals surface area (Å²) in [5.74, 6) is -0.0479. The van der Waals surface area contributed by atoms with Crippen LogP contribution < -0.4 is 9.80 Å². The van der Waals surface area contributed by atoms with Gasteiger partial charge in [-0.1, -0.05) is 12.1 Å². The van der Waals surface area contributed by atoms with Gasteiger partial charge in [-0.25, -0.2) is 4.98 Å². The van der Waals surface area contributed by atoms with Crippen molar-refractivity contribution in [1.82, 2.24) is 4.98 Å². The molecule has 0 N–H and O–H groups in total. The van der Waals surface area contributed by atoms with Gasteiger partial charge in [0.05, 0.1) is 11.9 Å². The Labute approximate surface area is 144 Å². The summed E-state index contributed by atoms with van der Waals surface area (Å²) in [5.41, 5.74) is 3.68. The van der Waals surface area contributed by atoms with E-state index in [0.717, 1.165) is 30.0 Å². The van der Waals surface area contributed by atoms with Crippen molar-refractivity contribution in [3.8, 4) is 0 Å². The molecule has 0 bridgehead atoms. The first-order valence-electron chi connectivity index (χ1n) is 8.78. The zero-order valence-corrected chi connectivity index (χ0v) is 14.5. The molecular weight excluding hydrogens is 298 g/mol. The van der Waals surface area contributed by atoms with E-state index in [2.05, 4.69) is 9.88 Å². The zero-order valence-electron chi connectivity index (χ0n) is 14.5. The van der Waals surface area contributed by atoms with Crippen LogP contribution in [0.25, 0.3) is 0 Å². The summed E-state index contributed by atoms with van der Waals surface area (Å²) in [4.78, 5) is 21.4. The predicted molar refractivity (Wildman–Crippen MR) is 98.8 cm³/mol. The Morgan fingerprint density at radius 2 is 1.96 bits per heavy atom. The number of amides is 1. The first-order valence-corrected chi connectivity index (χ1v) is 8.78. The highest BCUT2D eigenvalue weighted by Gasteiger charge is 2.18. The van der Waals surface area contributed by atoms with Gasteiger partial charge < -0.3 is 9.80 Å². The molecule has 1 fully saturated rings. The molecule has 0 radical (unpaired) electrons. The number of aromatic nitrogens is 1. The number of pyridine rings is 1. The molecule has 2 heterocycles. The SMILES string of the molecule is CCN(C(=O)c1ccc(N2CCCCC2)cn1)c1cccc(C)c1. The van der Waals surface area contributed by atoms with Gasteiger partial charge >= 0.3 is 0 Å². The van der Waals surface area contributed by atoms with Crippen molar-refractivity contribution in [2.75, 3.05) is 29.4 Å². The smallest absolute Gasteiger partial charge is 0.276 e. The lowest BCUT2D eigenvalue weighted by Gasteiger charge is -2.28. The Bertz CT molecular complexity index is 690. The zero-order chi connectivity index (χ0) is 16.9. The van der Waals surface area contributed by atoms with E-state index in [4.69, 9.17) is 0 Å². The summed E-state index contributed by atoms with van der Waals surface area (Å²) in [6.45, 7) is 6.81. The van der Waals surface area contributed by atoms with Crippen molar-refractivity contribution in [3.05, 3.63) is 53.9 Å². The van der Waals surface area contributed by atoms with E-state index in [-0.39, 0.29) is 5.91 Å². The lowest BCUT2D eigenvalue weighted by Crippen LogP contribution is -2.32. The molecule has 0 unspecified atom stereocenters. The molecule has 3 rings (SSSR count). The highest BCUT2D eigenvalue weighted by atomic mass is 16.2. The van der Waals surface area contributed by atoms with Crippen molar-refractivity contribution in [2.45, 2.75) is 33.1 Å². The number of benzene rings is 1. The van der Waals surface area contributed by atoms with Gasteiger partial charge in [0.2, 0.25) is 0 Å². The maximum absolute atomic E-state index is 12.8. The third-order valence-corrected chi connectivity index (χ3v) is 4.56.